The molecule has 0 amide bonds. The highest BCUT2D eigenvalue weighted by atomic mass is 35.5. The minimum absolute atomic E-state index is 0.0163. The van der Waals surface area contributed by atoms with Gasteiger partial charge in [-0.1, -0.05) is 52.7 Å². The smallest absolute Gasteiger partial charge is 0.228 e. The number of ketones is 2. The maximum Gasteiger partial charge on any atom is 0.228 e. The maximum atomic E-state index is 13.1. The topological polar surface area (TPSA) is 74.1 Å². The molecule has 3 aromatic rings. The van der Waals surface area contributed by atoms with Gasteiger partial charge in [0.05, 0.1) is 17.5 Å². The predicted molar refractivity (Wildman–Crippen MR) is 117 cm³/mol. The fourth-order valence-electron chi connectivity index (χ4n) is 3.28. The largest absolute Gasteiger partial charge is 0.483 e. The molecule has 2 aromatic carbocycles. The molecule has 6 nitrogen and oxygen atoms in total. The van der Waals surface area contributed by atoms with Gasteiger partial charge >= 0.3 is 0 Å². The highest BCUT2D eigenvalue weighted by Crippen LogP contribution is 2.30. The van der Waals surface area contributed by atoms with Crippen LogP contribution < -0.4 is 0 Å². The number of hydrogen-bond donors (Lipinski definition) is 0. The van der Waals surface area contributed by atoms with Crippen molar-refractivity contribution in [3.05, 3.63) is 99.6 Å². The molecule has 0 saturated carbocycles. The average molecular weight is 434 g/mol. The van der Waals surface area contributed by atoms with Gasteiger partial charge in [0, 0.05) is 16.1 Å². The number of allylic oxidation sites excluding steroid dienone is 4. The third-order valence-corrected chi connectivity index (χ3v) is 5.13. The first-order chi connectivity index (χ1) is 14.9. The second-order valence-electron chi connectivity index (χ2n) is 7.42. The minimum atomic E-state index is -0.294. The molecule has 0 atom stereocenters. The summed E-state index contributed by atoms with van der Waals surface area (Å²) in [6, 6.07) is 14.0. The van der Waals surface area contributed by atoms with Crippen LogP contribution in [-0.2, 0) is 11.3 Å². The fourth-order valence-corrected chi connectivity index (χ4v) is 3.41. The molecule has 156 valence electrons. The summed E-state index contributed by atoms with van der Waals surface area (Å²) in [6.07, 6.45) is 3.95. The van der Waals surface area contributed by atoms with Crippen molar-refractivity contribution in [2.75, 3.05) is 0 Å². The summed E-state index contributed by atoms with van der Waals surface area (Å²) in [5.74, 6) is -0.410. The van der Waals surface area contributed by atoms with Crippen molar-refractivity contribution in [3.63, 3.8) is 0 Å². The van der Waals surface area contributed by atoms with Gasteiger partial charge in [0.15, 0.2) is 11.5 Å². The average Bonchev–Trinajstić information content (AvgIpc) is 3.24. The number of aromatic nitrogens is 3. The summed E-state index contributed by atoms with van der Waals surface area (Å²) in [5, 5.41) is 8.83. The van der Waals surface area contributed by atoms with Gasteiger partial charge < -0.3 is 4.74 Å². The standard InChI is InChI=1S/C24H20ClN3O3/c1-15(2)7-12-21-22(29)19-5-3-4-6-20(19)23(30)24(21)31-14-17-13-28(27-26-17)18-10-8-16(25)9-11-18/h3-11,13H,12,14H2,1-2H3. The number of carbonyl (C=O) groups excluding carboxylic acids is 2. The second-order valence-corrected chi connectivity index (χ2v) is 7.85. The lowest BCUT2D eigenvalue weighted by Crippen LogP contribution is -2.23. The van der Waals surface area contributed by atoms with Gasteiger partial charge in [0.2, 0.25) is 5.78 Å². The molecule has 1 aromatic heterocycles. The summed E-state index contributed by atoms with van der Waals surface area (Å²) >= 11 is 5.93. The monoisotopic (exact) mass is 433 g/mol. The molecule has 4 rings (SSSR count). The van der Waals surface area contributed by atoms with Crippen LogP contribution in [0.5, 0.6) is 0 Å². The molecule has 1 aliphatic rings. The number of ether oxygens (including phenoxy) is 1. The summed E-state index contributed by atoms with van der Waals surface area (Å²) in [5.41, 5.74) is 3.50. The number of Topliss-reactive ketones (excluding diaryl/α,β-unsaturated/α-hetero) is 2. The van der Waals surface area contributed by atoms with Crippen LogP contribution in [0.3, 0.4) is 0 Å². The molecule has 0 fully saturated rings. The first-order valence-corrected chi connectivity index (χ1v) is 10.2. The van der Waals surface area contributed by atoms with E-state index >= 15 is 0 Å². The van der Waals surface area contributed by atoms with Crippen molar-refractivity contribution in [2.45, 2.75) is 26.9 Å². The molecule has 1 aliphatic carbocycles. The van der Waals surface area contributed by atoms with Crippen LogP contribution in [0.1, 0.15) is 46.7 Å². The minimum Gasteiger partial charge on any atom is -0.483 e. The molecular formula is C24H20ClN3O3. The van der Waals surface area contributed by atoms with Gasteiger partial charge in [-0.15, -0.1) is 5.10 Å². The number of benzene rings is 2. The van der Waals surface area contributed by atoms with Gasteiger partial charge in [-0.2, -0.15) is 0 Å². The summed E-state index contributed by atoms with van der Waals surface area (Å²) < 4.78 is 7.46. The predicted octanol–water partition coefficient (Wildman–Crippen LogP) is 5.13. The summed E-state index contributed by atoms with van der Waals surface area (Å²) in [7, 11) is 0. The van der Waals surface area contributed by atoms with Crippen LogP contribution in [-0.4, -0.2) is 26.6 Å². The third-order valence-electron chi connectivity index (χ3n) is 4.88. The molecule has 0 aliphatic heterocycles. The van der Waals surface area contributed by atoms with E-state index in [1.165, 1.54) is 0 Å². The van der Waals surface area contributed by atoms with E-state index in [2.05, 4.69) is 10.3 Å². The molecule has 0 radical (unpaired) electrons. The Morgan fingerprint density at radius 3 is 2.39 bits per heavy atom. The van der Waals surface area contributed by atoms with E-state index in [-0.39, 0.29) is 23.9 Å². The SMILES string of the molecule is CC(C)=CCC1=C(OCc2cn(-c3ccc(Cl)cc3)nn2)C(=O)c2ccccc2C1=O. The van der Waals surface area contributed by atoms with Crippen molar-refractivity contribution < 1.29 is 14.3 Å². The lowest BCUT2D eigenvalue weighted by atomic mass is 9.86. The van der Waals surface area contributed by atoms with Crippen molar-refractivity contribution in [2.24, 2.45) is 0 Å². The molecule has 7 heteroatoms. The van der Waals surface area contributed by atoms with E-state index in [1.807, 2.05) is 32.1 Å². The number of fused-ring (bicyclic) bond motifs is 1. The molecule has 0 saturated heterocycles. The zero-order valence-electron chi connectivity index (χ0n) is 17.1. The third kappa shape index (κ3) is 4.34. The van der Waals surface area contributed by atoms with E-state index in [0.717, 1.165) is 11.3 Å². The van der Waals surface area contributed by atoms with Crippen LogP contribution in [0.25, 0.3) is 5.69 Å². The lowest BCUT2D eigenvalue weighted by molar-refractivity contribution is 0.0854. The van der Waals surface area contributed by atoms with Crippen molar-refractivity contribution in [3.8, 4) is 5.69 Å². The number of rotatable bonds is 6. The molecule has 1 heterocycles. The van der Waals surface area contributed by atoms with Crippen LogP contribution in [0.4, 0.5) is 0 Å². The highest BCUT2D eigenvalue weighted by molar-refractivity contribution is 6.30. The van der Waals surface area contributed by atoms with Gasteiger partial charge in [-0.05, 0) is 44.5 Å². The maximum absolute atomic E-state index is 13.1. The van der Waals surface area contributed by atoms with Crippen molar-refractivity contribution in [1.82, 2.24) is 15.0 Å². The number of hydrogen-bond acceptors (Lipinski definition) is 5. The first kappa shape index (κ1) is 20.8. The second kappa shape index (κ2) is 8.70. The number of nitrogens with zero attached hydrogens (tertiary/aromatic N) is 3. The zero-order chi connectivity index (χ0) is 22.0. The Kier molecular flexibility index (Phi) is 5.82. The van der Waals surface area contributed by atoms with E-state index in [1.54, 1.807) is 47.3 Å². The fraction of sp³-hybridized carbons (Fsp3) is 0.167. The van der Waals surface area contributed by atoms with Crippen LogP contribution in [0.2, 0.25) is 5.02 Å². The van der Waals surface area contributed by atoms with E-state index in [4.69, 9.17) is 16.3 Å². The number of halogens is 1. The Bertz CT molecular complexity index is 1220. The lowest BCUT2D eigenvalue weighted by Gasteiger charge is -2.20. The van der Waals surface area contributed by atoms with Crippen LogP contribution >= 0.6 is 11.6 Å². The zero-order valence-corrected chi connectivity index (χ0v) is 17.9. The quantitative estimate of drug-likeness (QED) is 0.504. The Morgan fingerprint density at radius 1 is 1.03 bits per heavy atom. The Balaban J connectivity index is 1.61. The summed E-state index contributed by atoms with van der Waals surface area (Å²) in [4.78, 5) is 26.1. The molecule has 0 N–H and O–H groups in total. The normalized spacial score (nSPS) is 13.3. The van der Waals surface area contributed by atoms with Crippen LogP contribution in [0.15, 0.2) is 77.7 Å². The highest BCUT2D eigenvalue weighted by Gasteiger charge is 2.32. The molecule has 0 unspecified atom stereocenters. The van der Waals surface area contributed by atoms with Crippen molar-refractivity contribution in [1.29, 1.82) is 0 Å². The van der Waals surface area contributed by atoms with E-state index in [0.29, 0.717) is 33.8 Å². The first-order valence-electron chi connectivity index (χ1n) is 9.79. The Hall–Kier alpha value is -3.51. The molecular weight excluding hydrogens is 414 g/mol. The van der Waals surface area contributed by atoms with E-state index < -0.39 is 0 Å². The molecule has 0 spiro atoms. The summed E-state index contributed by atoms with van der Waals surface area (Å²) in [6.45, 7) is 3.90. The van der Waals surface area contributed by atoms with E-state index in [9.17, 15) is 9.59 Å². The Labute approximate surface area is 184 Å². The Morgan fingerprint density at radius 2 is 1.71 bits per heavy atom. The van der Waals surface area contributed by atoms with Crippen LogP contribution in [0, 0.1) is 0 Å². The molecule has 31 heavy (non-hydrogen) atoms. The van der Waals surface area contributed by atoms with Crippen molar-refractivity contribution >= 4 is 23.2 Å². The molecule has 0 bridgehead atoms. The van der Waals surface area contributed by atoms with Gasteiger partial charge in [-0.25, -0.2) is 4.68 Å². The van der Waals surface area contributed by atoms with Gasteiger partial charge in [0.1, 0.15) is 12.3 Å². The van der Waals surface area contributed by atoms with Gasteiger partial charge in [-0.3, -0.25) is 9.59 Å². The number of carbonyl (C=O) groups is 2. The van der Waals surface area contributed by atoms with Gasteiger partial charge in [0.25, 0.3) is 0 Å².